The van der Waals surface area contributed by atoms with Crippen LogP contribution in [0.15, 0.2) is 22.7 Å². The van der Waals surface area contributed by atoms with Crippen LogP contribution in [0.3, 0.4) is 0 Å². The van der Waals surface area contributed by atoms with Gasteiger partial charge >= 0.3 is 0 Å². The van der Waals surface area contributed by atoms with E-state index >= 15 is 0 Å². The van der Waals surface area contributed by atoms with Crippen LogP contribution < -0.4 is 5.32 Å². The van der Waals surface area contributed by atoms with E-state index < -0.39 is 0 Å². The molecule has 0 spiro atoms. The summed E-state index contributed by atoms with van der Waals surface area (Å²) in [4.78, 5) is 11.7. The number of nitrogens with one attached hydrogen (secondary N) is 1. The summed E-state index contributed by atoms with van der Waals surface area (Å²) in [7, 11) is 0. The van der Waals surface area contributed by atoms with E-state index in [1.54, 1.807) is 0 Å². The fraction of sp³-hybridized carbons (Fsp3) is 0.462. The van der Waals surface area contributed by atoms with Crippen molar-refractivity contribution in [3.05, 3.63) is 28.2 Å². The average Bonchev–Trinajstić information content (AvgIpc) is 2.32. The highest BCUT2D eigenvalue weighted by Gasteiger charge is 2.07. The minimum Gasteiger partial charge on any atom is -0.396 e. The van der Waals surface area contributed by atoms with E-state index in [0.29, 0.717) is 5.75 Å². The summed E-state index contributed by atoms with van der Waals surface area (Å²) < 4.78 is 0.893. The molecule has 0 aliphatic carbocycles. The second kappa shape index (κ2) is 7.81. The summed E-state index contributed by atoms with van der Waals surface area (Å²) in [6.45, 7) is 4.13. The Kier molecular flexibility index (Phi) is 6.75. The van der Waals surface area contributed by atoms with Gasteiger partial charge in [-0.3, -0.25) is 4.79 Å². The molecular formula is C13H18BrNO2S. The van der Waals surface area contributed by atoms with Gasteiger partial charge in [-0.15, -0.1) is 0 Å². The smallest absolute Gasteiger partial charge is 0.234 e. The maximum Gasteiger partial charge on any atom is 0.234 e. The monoisotopic (exact) mass is 331 g/mol. The van der Waals surface area contributed by atoms with Gasteiger partial charge in [0.2, 0.25) is 5.91 Å². The van der Waals surface area contributed by atoms with Crippen molar-refractivity contribution < 1.29 is 9.90 Å². The van der Waals surface area contributed by atoms with E-state index in [1.165, 1.54) is 11.8 Å². The van der Waals surface area contributed by atoms with Gasteiger partial charge < -0.3 is 10.4 Å². The number of rotatable bonds is 6. The topological polar surface area (TPSA) is 49.3 Å². The van der Waals surface area contributed by atoms with Crippen LogP contribution >= 0.6 is 27.7 Å². The SMILES string of the molecule is Cc1ccc(NC(=O)CSCC(C)CO)c(Br)c1. The number of carbonyl (C=O) groups is 1. The molecule has 1 unspecified atom stereocenters. The highest BCUT2D eigenvalue weighted by molar-refractivity contribution is 9.10. The van der Waals surface area contributed by atoms with Gasteiger partial charge in [0.05, 0.1) is 11.4 Å². The molecule has 0 heterocycles. The van der Waals surface area contributed by atoms with Crippen molar-refractivity contribution in [1.82, 2.24) is 0 Å². The van der Waals surface area contributed by atoms with Crippen LogP contribution in [0.4, 0.5) is 5.69 Å². The van der Waals surface area contributed by atoms with Crippen LogP contribution in [0, 0.1) is 12.8 Å². The number of amides is 1. The number of aliphatic hydroxyl groups is 1. The van der Waals surface area contributed by atoms with Crippen LogP contribution in [-0.2, 0) is 4.79 Å². The second-order valence-corrected chi connectivity index (χ2v) is 6.22. The van der Waals surface area contributed by atoms with E-state index in [9.17, 15) is 4.79 Å². The van der Waals surface area contributed by atoms with Gasteiger partial charge in [0.15, 0.2) is 0 Å². The molecule has 5 heteroatoms. The second-order valence-electron chi connectivity index (χ2n) is 4.33. The zero-order valence-electron chi connectivity index (χ0n) is 10.6. The maximum absolute atomic E-state index is 11.7. The van der Waals surface area contributed by atoms with Gasteiger partial charge in [0.25, 0.3) is 0 Å². The molecule has 2 N–H and O–H groups in total. The Bertz CT molecular complexity index is 412. The summed E-state index contributed by atoms with van der Waals surface area (Å²) in [6, 6.07) is 5.82. The lowest BCUT2D eigenvalue weighted by molar-refractivity contribution is -0.113. The number of benzene rings is 1. The number of anilines is 1. The molecule has 100 valence electrons. The number of halogens is 1. The molecule has 1 amide bonds. The summed E-state index contributed by atoms with van der Waals surface area (Å²) in [5.74, 6) is 1.41. The van der Waals surface area contributed by atoms with Gasteiger partial charge in [-0.25, -0.2) is 0 Å². The van der Waals surface area contributed by atoms with Crippen LogP contribution in [0.5, 0.6) is 0 Å². The molecule has 1 atom stereocenters. The van der Waals surface area contributed by atoms with Crippen molar-refractivity contribution >= 4 is 39.3 Å². The summed E-state index contributed by atoms with van der Waals surface area (Å²) in [5, 5.41) is 11.7. The van der Waals surface area contributed by atoms with E-state index in [4.69, 9.17) is 5.11 Å². The molecule has 0 saturated heterocycles. The third kappa shape index (κ3) is 5.42. The number of aryl methyl sites for hydroxylation is 1. The Labute approximate surface area is 120 Å². The first kappa shape index (κ1) is 15.5. The standard InChI is InChI=1S/C13H18BrNO2S/c1-9-3-4-12(11(14)5-9)15-13(17)8-18-7-10(2)6-16/h3-5,10,16H,6-8H2,1-2H3,(H,15,17). The largest absolute Gasteiger partial charge is 0.396 e. The van der Waals surface area contributed by atoms with E-state index in [1.807, 2.05) is 32.0 Å². The fourth-order valence-corrected chi connectivity index (χ4v) is 2.79. The first-order valence-corrected chi connectivity index (χ1v) is 7.72. The zero-order valence-corrected chi connectivity index (χ0v) is 13.0. The summed E-state index contributed by atoms with van der Waals surface area (Å²) in [5.41, 5.74) is 1.94. The van der Waals surface area contributed by atoms with Gasteiger partial charge in [-0.05, 0) is 52.2 Å². The van der Waals surface area contributed by atoms with Crippen LogP contribution in [0.1, 0.15) is 12.5 Å². The quantitative estimate of drug-likeness (QED) is 0.842. The molecule has 18 heavy (non-hydrogen) atoms. The lowest BCUT2D eigenvalue weighted by atomic mass is 10.2. The zero-order chi connectivity index (χ0) is 13.5. The molecule has 0 aliphatic heterocycles. The third-order valence-corrected chi connectivity index (χ3v) is 4.27. The van der Waals surface area contributed by atoms with Crippen molar-refractivity contribution in [3.8, 4) is 0 Å². The minimum absolute atomic E-state index is 0.0188. The van der Waals surface area contributed by atoms with E-state index in [2.05, 4.69) is 21.2 Å². The molecule has 1 aromatic carbocycles. The molecule has 0 radical (unpaired) electrons. The molecule has 1 rings (SSSR count). The Morgan fingerprint density at radius 1 is 1.56 bits per heavy atom. The number of aliphatic hydroxyl groups excluding tert-OH is 1. The Balaban J connectivity index is 2.40. The lowest BCUT2D eigenvalue weighted by Crippen LogP contribution is -2.16. The van der Waals surface area contributed by atoms with E-state index in [0.717, 1.165) is 21.5 Å². The molecule has 0 aliphatic rings. The number of carbonyl (C=O) groups excluding carboxylic acids is 1. The molecule has 0 aromatic heterocycles. The highest BCUT2D eigenvalue weighted by Crippen LogP contribution is 2.23. The first-order chi connectivity index (χ1) is 8.52. The third-order valence-electron chi connectivity index (χ3n) is 2.35. The summed E-state index contributed by atoms with van der Waals surface area (Å²) >= 11 is 4.96. The predicted molar refractivity (Wildman–Crippen MR) is 81.1 cm³/mol. The van der Waals surface area contributed by atoms with Gasteiger partial charge in [-0.1, -0.05) is 13.0 Å². The number of thioether (sulfide) groups is 1. The molecule has 0 bridgehead atoms. The lowest BCUT2D eigenvalue weighted by Gasteiger charge is -2.09. The maximum atomic E-state index is 11.7. The Hall–Kier alpha value is -0.520. The van der Waals surface area contributed by atoms with Crippen LogP contribution in [-0.4, -0.2) is 29.1 Å². The first-order valence-electron chi connectivity index (χ1n) is 5.77. The Morgan fingerprint density at radius 3 is 2.89 bits per heavy atom. The van der Waals surface area contributed by atoms with Gasteiger partial charge in [-0.2, -0.15) is 11.8 Å². The van der Waals surface area contributed by atoms with Gasteiger partial charge in [0, 0.05) is 11.1 Å². The van der Waals surface area contributed by atoms with Crippen molar-refractivity contribution in [2.45, 2.75) is 13.8 Å². The summed E-state index contributed by atoms with van der Waals surface area (Å²) in [6.07, 6.45) is 0. The molecule has 1 aromatic rings. The number of hydrogen-bond acceptors (Lipinski definition) is 3. The van der Waals surface area contributed by atoms with Crippen molar-refractivity contribution in [1.29, 1.82) is 0 Å². The van der Waals surface area contributed by atoms with Crippen molar-refractivity contribution in [2.75, 3.05) is 23.4 Å². The molecule has 3 nitrogen and oxygen atoms in total. The van der Waals surface area contributed by atoms with Crippen molar-refractivity contribution in [3.63, 3.8) is 0 Å². The van der Waals surface area contributed by atoms with Gasteiger partial charge in [0.1, 0.15) is 0 Å². The predicted octanol–water partition coefficient (Wildman–Crippen LogP) is 3.06. The van der Waals surface area contributed by atoms with Crippen LogP contribution in [0.25, 0.3) is 0 Å². The minimum atomic E-state index is -0.0188. The van der Waals surface area contributed by atoms with Crippen LogP contribution in [0.2, 0.25) is 0 Å². The van der Waals surface area contributed by atoms with Crippen molar-refractivity contribution in [2.24, 2.45) is 5.92 Å². The fourth-order valence-electron chi connectivity index (χ4n) is 1.31. The average molecular weight is 332 g/mol. The molecular weight excluding hydrogens is 314 g/mol. The Morgan fingerprint density at radius 2 is 2.28 bits per heavy atom. The highest BCUT2D eigenvalue weighted by atomic mass is 79.9. The molecule has 0 fully saturated rings. The number of hydrogen-bond donors (Lipinski definition) is 2. The van der Waals surface area contributed by atoms with E-state index in [-0.39, 0.29) is 18.4 Å². The molecule has 0 saturated carbocycles. The normalized spacial score (nSPS) is 12.2.